The van der Waals surface area contributed by atoms with Crippen molar-refractivity contribution in [3.8, 4) is 0 Å². The number of aliphatic carboxylic acids is 1. The number of aliphatic hydroxyl groups is 1. The fraction of sp³-hybridized carbons (Fsp3) is 0.833. The second kappa shape index (κ2) is 5.15. The molecule has 1 unspecified atom stereocenters. The minimum Gasteiger partial charge on any atom is -0.481 e. The number of carboxylic acid groups (broad SMARTS) is 1. The van der Waals surface area contributed by atoms with Gasteiger partial charge in [0, 0.05) is 6.04 Å². The first-order chi connectivity index (χ1) is 5.87. The number of hydrogen-bond acceptors (Lipinski definition) is 4. The van der Waals surface area contributed by atoms with Gasteiger partial charge in [-0.05, 0) is 6.92 Å². The van der Waals surface area contributed by atoms with Crippen LogP contribution < -0.4 is 4.72 Å². The standard InChI is InChI=1S/C6H13NO5S/c1-5(4-8)7-13(11,12)3-2-6(9)10/h5,7-8H,2-4H2,1H3,(H,9,10). The molecule has 0 saturated carbocycles. The van der Waals surface area contributed by atoms with Crippen LogP contribution in [-0.4, -0.2) is 43.0 Å². The van der Waals surface area contributed by atoms with Gasteiger partial charge in [0.25, 0.3) is 0 Å². The summed E-state index contributed by atoms with van der Waals surface area (Å²) in [6, 6.07) is -0.584. The fourth-order valence-corrected chi connectivity index (χ4v) is 1.87. The van der Waals surface area contributed by atoms with Crippen LogP contribution in [0.15, 0.2) is 0 Å². The summed E-state index contributed by atoms with van der Waals surface area (Å²) in [6.07, 6.45) is -0.437. The summed E-state index contributed by atoms with van der Waals surface area (Å²) in [5, 5.41) is 16.8. The molecule has 0 heterocycles. The zero-order valence-electron chi connectivity index (χ0n) is 7.23. The molecule has 0 amide bonds. The molecule has 78 valence electrons. The lowest BCUT2D eigenvalue weighted by Crippen LogP contribution is -2.37. The molecule has 0 fully saturated rings. The number of nitrogens with one attached hydrogen (secondary N) is 1. The zero-order valence-corrected chi connectivity index (χ0v) is 8.04. The molecule has 3 N–H and O–H groups in total. The van der Waals surface area contributed by atoms with E-state index in [1.807, 2.05) is 0 Å². The van der Waals surface area contributed by atoms with Crippen molar-refractivity contribution < 1.29 is 23.4 Å². The lowest BCUT2D eigenvalue weighted by molar-refractivity contribution is -0.136. The molecule has 0 bridgehead atoms. The Balaban J connectivity index is 4.02. The second-order valence-corrected chi connectivity index (χ2v) is 4.54. The summed E-state index contributed by atoms with van der Waals surface area (Å²) in [4.78, 5) is 10.1. The van der Waals surface area contributed by atoms with Gasteiger partial charge in [0.1, 0.15) is 0 Å². The van der Waals surface area contributed by atoms with Crippen molar-refractivity contribution in [2.75, 3.05) is 12.4 Å². The Hall–Kier alpha value is -0.660. The number of rotatable bonds is 6. The molecule has 0 aliphatic rings. The average molecular weight is 211 g/mol. The van der Waals surface area contributed by atoms with Crippen LogP contribution in [0.5, 0.6) is 0 Å². The Morgan fingerprint density at radius 3 is 2.46 bits per heavy atom. The first-order valence-electron chi connectivity index (χ1n) is 3.70. The maximum absolute atomic E-state index is 11.0. The van der Waals surface area contributed by atoms with Gasteiger partial charge < -0.3 is 10.2 Å². The molecule has 6 nitrogen and oxygen atoms in total. The third kappa shape index (κ3) is 6.50. The van der Waals surface area contributed by atoms with Gasteiger partial charge in [0.05, 0.1) is 18.8 Å². The van der Waals surface area contributed by atoms with E-state index in [1.54, 1.807) is 0 Å². The van der Waals surface area contributed by atoms with Crippen molar-refractivity contribution in [3.05, 3.63) is 0 Å². The molecule has 0 rings (SSSR count). The molecule has 0 aliphatic carbocycles. The molecule has 7 heteroatoms. The van der Waals surface area contributed by atoms with Crippen molar-refractivity contribution in [3.63, 3.8) is 0 Å². The predicted molar refractivity (Wildman–Crippen MR) is 45.7 cm³/mol. The van der Waals surface area contributed by atoms with Crippen molar-refractivity contribution >= 4 is 16.0 Å². The lowest BCUT2D eigenvalue weighted by Gasteiger charge is -2.10. The summed E-state index contributed by atoms with van der Waals surface area (Å²) in [5.74, 6) is -1.63. The Bertz CT molecular complexity index is 260. The monoisotopic (exact) mass is 211 g/mol. The van der Waals surface area contributed by atoms with Crippen LogP contribution in [0.3, 0.4) is 0 Å². The van der Waals surface area contributed by atoms with E-state index in [4.69, 9.17) is 10.2 Å². The van der Waals surface area contributed by atoms with Crippen LogP contribution in [0, 0.1) is 0 Å². The molecule has 0 aromatic carbocycles. The van der Waals surface area contributed by atoms with E-state index in [0.717, 1.165) is 0 Å². The number of aliphatic hydroxyl groups excluding tert-OH is 1. The van der Waals surface area contributed by atoms with Crippen molar-refractivity contribution in [1.82, 2.24) is 4.72 Å². The molecule has 13 heavy (non-hydrogen) atoms. The zero-order chi connectivity index (χ0) is 10.5. The van der Waals surface area contributed by atoms with E-state index in [9.17, 15) is 13.2 Å². The average Bonchev–Trinajstić information content (AvgIpc) is 2.00. The van der Waals surface area contributed by atoms with Crippen LogP contribution in [0.2, 0.25) is 0 Å². The van der Waals surface area contributed by atoms with Gasteiger partial charge in [0.2, 0.25) is 10.0 Å². The van der Waals surface area contributed by atoms with Crippen molar-refractivity contribution in [2.24, 2.45) is 0 Å². The Morgan fingerprint density at radius 1 is 1.54 bits per heavy atom. The predicted octanol–water partition coefficient (Wildman–Crippen LogP) is -1.24. The first kappa shape index (κ1) is 12.3. The third-order valence-corrected chi connectivity index (χ3v) is 2.74. The number of carbonyl (C=O) groups is 1. The molecule has 0 spiro atoms. The second-order valence-electron chi connectivity index (χ2n) is 2.66. The van der Waals surface area contributed by atoms with Crippen LogP contribution in [0.1, 0.15) is 13.3 Å². The van der Waals surface area contributed by atoms with E-state index in [0.29, 0.717) is 0 Å². The largest absolute Gasteiger partial charge is 0.481 e. The van der Waals surface area contributed by atoms with Gasteiger partial charge in [-0.15, -0.1) is 0 Å². The highest BCUT2D eigenvalue weighted by molar-refractivity contribution is 7.89. The summed E-state index contributed by atoms with van der Waals surface area (Å²) >= 11 is 0. The molecule has 0 aromatic heterocycles. The number of hydrogen-bond donors (Lipinski definition) is 3. The quantitative estimate of drug-likeness (QED) is 0.510. The van der Waals surface area contributed by atoms with E-state index < -0.39 is 34.2 Å². The lowest BCUT2D eigenvalue weighted by atomic mass is 10.4. The minimum atomic E-state index is -3.58. The summed E-state index contributed by atoms with van der Waals surface area (Å²) in [6.45, 7) is 1.17. The molecule has 0 radical (unpaired) electrons. The van der Waals surface area contributed by atoms with E-state index in [-0.39, 0.29) is 6.61 Å². The highest BCUT2D eigenvalue weighted by atomic mass is 32.2. The minimum absolute atomic E-state index is 0.313. The van der Waals surface area contributed by atoms with Crippen LogP contribution >= 0.6 is 0 Å². The van der Waals surface area contributed by atoms with Gasteiger partial charge in [0.15, 0.2) is 0 Å². The third-order valence-electron chi connectivity index (χ3n) is 1.24. The molecule has 0 aromatic rings. The normalized spacial score (nSPS) is 14.0. The SMILES string of the molecule is CC(CO)NS(=O)(=O)CCC(=O)O. The van der Waals surface area contributed by atoms with E-state index in [2.05, 4.69) is 4.72 Å². The molecular weight excluding hydrogens is 198 g/mol. The molecule has 0 aliphatic heterocycles. The number of carboxylic acids is 1. The van der Waals surface area contributed by atoms with E-state index >= 15 is 0 Å². The molecule has 0 saturated heterocycles. The van der Waals surface area contributed by atoms with Crippen LogP contribution in [0.4, 0.5) is 0 Å². The van der Waals surface area contributed by atoms with E-state index in [1.165, 1.54) is 6.92 Å². The molecule has 1 atom stereocenters. The Kier molecular flexibility index (Phi) is 4.89. The first-order valence-corrected chi connectivity index (χ1v) is 5.35. The molecular formula is C6H13NO5S. The highest BCUT2D eigenvalue weighted by Gasteiger charge is 2.15. The maximum Gasteiger partial charge on any atom is 0.304 e. The topological polar surface area (TPSA) is 104 Å². The highest BCUT2D eigenvalue weighted by Crippen LogP contribution is 1.92. The number of sulfonamides is 1. The van der Waals surface area contributed by atoms with Crippen molar-refractivity contribution in [1.29, 1.82) is 0 Å². The van der Waals surface area contributed by atoms with Gasteiger partial charge in [-0.3, -0.25) is 4.79 Å². The fourth-order valence-electron chi connectivity index (χ4n) is 0.624. The summed E-state index contributed by atoms with van der Waals surface area (Å²) in [5.41, 5.74) is 0. The van der Waals surface area contributed by atoms with Gasteiger partial charge >= 0.3 is 5.97 Å². The summed E-state index contributed by atoms with van der Waals surface area (Å²) < 4.78 is 24.2. The van der Waals surface area contributed by atoms with Gasteiger partial charge in [-0.25, -0.2) is 13.1 Å². The Labute approximate surface area is 76.6 Å². The van der Waals surface area contributed by atoms with Gasteiger partial charge in [-0.1, -0.05) is 0 Å². The van der Waals surface area contributed by atoms with Crippen molar-refractivity contribution in [2.45, 2.75) is 19.4 Å². The Morgan fingerprint density at radius 2 is 2.08 bits per heavy atom. The maximum atomic E-state index is 11.0. The van der Waals surface area contributed by atoms with Gasteiger partial charge in [-0.2, -0.15) is 0 Å². The van der Waals surface area contributed by atoms with Crippen LogP contribution in [-0.2, 0) is 14.8 Å². The summed E-state index contributed by atoms with van der Waals surface area (Å²) in [7, 11) is -3.58. The smallest absolute Gasteiger partial charge is 0.304 e. The van der Waals surface area contributed by atoms with Crippen LogP contribution in [0.25, 0.3) is 0 Å².